The number of carboxylic acid groups (broad SMARTS) is 1. The summed E-state index contributed by atoms with van der Waals surface area (Å²) in [7, 11) is 0. The van der Waals surface area contributed by atoms with Crippen LogP contribution in [0.2, 0.25) is 0 Å². The summed E-state index contributed by atoms with van der Waals surface area (Å²) < 4.78 is 5.18. The standard InChI is InChI=1S/C28H39N5O5/c1-21(34)29-16-19-33(17-6-5-11-24-13-12-23-10-7-15-30-26(23)31-24)18-14-25(27(35)36)32-28(37)38-20-22-8-3-2-4-9-22/h2-4,8-9,12-13,25H,5-7,10-11,14-20H2,1H3,(H,29,34)(H,30,31)(H,32,37)(H,35,36). The van der Waals surface area contributed by atoms with Gasteiger partial charge in [0.05, 0.1) is 0 Å². The molecule has 0 bridgehead atoms. The minimum absolute atomic E-state index is 0.0665. The highest BCUT2D eigenvalue weighted by Crippen LogP contribution is 2.20. The van der Waals surface area contributed by atoms with Gasteiger partial charge in [-0.2, -0.15) is 0 Å². The summed E-state index contributed by atoms with van der Waals surface area (Å²) >= 11 is 0. The summed E-state index contributed by atoms with van der Waals surface area (Å²) in [4.78, 5) is 42.1. The average molecular weight is 526 g/mol. The Hall–Kier alpha value is -3.66. The number of aromatic nitrogens is 1. The monoisotopic (exact) mass is 525 g/mol. The largest absolute Gasteiger partial charge is 0.480 e. The quantitative estimate of drug-likeness (QED) is 0.261. The highest BCUT2D eigenvalue weighted by Gasteiger charge is 2.22. The molecule has 0 spiro atoms. The first-order valence-corrected chi connectivity index (χ1v) is 13.3. The van der Waals surface area contributed by atoms with Crippen molar-refractivity contribution in [1.82, 2.24) is 20.5 Å². The lowest BCUT2D eigenvalue weighted by atomic mass is 10.1. The Bertz CT molecular complexity index is 1050. The molecule has 2 aromatic rings. The Morgan fingerprint density at radius 1 is 1.11 bits per heavy atom. The van der Waals surface area contributed by atoms with Crippen molar-refractivity contribution in [1.29, 1.82) is 0 Å². The minimum Gasteiger partial charge on any atom is -0.480 e. The number of hydrogen-bond donors (Lipinski definition) is 4. The van der Waals surface area contributed by atoms with Crippen molar-refractivity contribution in [3.63, 3.8) is 0 Å². The Morgan fingerprint density at radius 2 is 1.92 bits per heavy atom. The zero-order valence-electron chi connectivity index (χ0n) is 22.1. The molecule has 2 heterocycles. The van der Waals surface area contributed by atoms with Crippen molar-refractivity contribution in [2.24, 2.45) is 0 Å². The van der Waals surface area contributed by atoms with Crippen LogP contribution in [0, 0.1) is 0 Å². The number of hydrogen-bond acceptors (Lipinski definition) is 7. The average Bonchev–Trinajstić information content (AvgIpc) is 2.91. The van der Waals surface area contributed by atoms with E-state index in [1.807, 2.05) is 30.3 Å². The van der Waals surface area contributed by atoms with Gasteiger partial charge in [-0.05, 0) is 62.3 Å². The number of carbonyl (C=O) groups is 3. The Kier molecular flexibility index (Phi) is 11.8. The number of amides is 2. The number of fused-ring (bicyclic) bond motifs is 1. The second-order valence-electron chi connectivity index (χ2n) is 9.51. The van der Waals surface area contributed by atoms with E-state index in [1.165, 1.54) is 12.5 Å². The second kappa shape index (κ2) is 15.6. The molecule has 1 aliphatic rings. The predicted molar refractivity (Wildman–Crippen MR) is 145 cm³/mol. The van der Waals surface area contributed by atoms with E-state index in [9.17, 15) is 19.5 Å². The number of anilines is 1. The maximum Gasteiger partial charge on any atom is 0.408 e. The van der Waals surface area contributed by atoms with E-state index in [0.717, 1.165) is 62.3 Å². The molecular formula is C28H39N5O5. The number of alkyl carbamates (subject to hydrolysis) is 1. The number of carboxylic acids is 1. The lowest BCUT2D eigenvalue weighted by molar-refractivity contribution is -0.139. The zero-order valence-corrected chi connectivity index (χ0v) is 22.1. The maximum absolute atomic E-state index is 12.2. The van der Waals surface area contributed by atoms with Crippen molar-refractivity contribution < 1.29 is 24.2 Å². The Labute approximate surface area is 224 Å². The number of pyridine rings is 1. The number of aryl methyl sites for hydroxylation is 2. The second-order valence-corrected chi connectivity index (χ2v) is 9.51. The summed E-state index contributed by atoms with van der Waals surface area (Å²) in [6.45, 7) is 4.75. The van der Waals surface area contributed by atoms with E-state index < -0.39 is 18.1 Å². The number of benzene rings is 1. The third-order valence-corrected chi connectivity index (χ3v) is 6.45. The van der Waals surface area contributed by atoms with Crippen molar-refractivity contribution >= 4 is 23.8 Å². The van der Waals surface area contributed by atoms with Crippen LogP contribution >= 0.6 is 0 Å². The predicted octanol–water partition coefficient (Wildman–Crippen LogP) is 2.97. The molecule has 2 amide bonds. The van der Waals surface area contributed by atoms with E-state index in [-0.39, 0.29) is 18.9 Å². The Balaban J connectivity index is 1.45. The topological polar surface area (TPSA) is 133 Å². The number of rotatable bonds is 15. The molecule has 0 aliphatic carbocycles. The summed E-state index contributed by atoms with van der Waals surface area (Å²) in [5, 5.41) is 18.3. The first-order chi connectivity index (χ1) is 18.4. The van der Waals surface area contributed by atoms with Gasteiger partial charge in [0.15, 0.2) is 0 Å². The molecular weight excluding hydrogens is 486 g/mol. The number of ether oxygens (including phenoxy) is 1. The van der Waals surface area contributed by atoms with Gasteiger partial charge < -0.3 is 30.7 Å². The van der Waals surface area contributed by atoms with Crippen LogP contribution in [-0.2, 0) is 33.8 Å². The normalized spacial score (nSPS) is 13.2. The van der Waals surface area contributed by atoms with Crippen LogP contribution in [0.3, 0.4) is 0 Å². The fourth-order valence-corrected chi connectivity index (χ4v) is 4.35. The number of unbranched alkanes of at least 4 members (excludes halogenated alkanes) is 1. The fourth-order valence-electron chi connectivity index (χ4n) is 4.35. The molecule has 206 valence electrons. The van der Waals surface area contributed by atoms with Crippen LogP contribution in [0.5, 0.6) is 0 Å². The fraction of sp³-hybridized carbons (Fsp3) is 0.500. The first-order valence-electron chi connectivity index (χ1n) is 13.3. The first kappa shape index (κ1) is 28.9. The summed E-state index contributed by atoms with van der Waals surface area (Å²) in [6, 6.07) is 12.4. The lowest BCUT2D eigenvalue weighted by Gasteiger charge is -2.24. The van der Waals surface area contributed by atoms with Gasteiger partial charge in [-0.1, -0.05) is 36.4 Å². The third kappa shape index (κ3) is 10.4. The highest BCUT2D eigenvalue weighted by molar-refractivity contribution is 5.79. The van der Waals surface area contributed by atoms with Crippen LogP contribution in [0.1, 0.15) is 49.4 Å². The molecule has 1 aliphatic heterocycles. The SMILES string of the molecule is CC(=O)NCCN(CCCCc1ccc2c(n1)NCCC2)CCC(NC(=O)OCc1ccccc1)C(=O)O. The molecule has 0 saturated carbocycles. The van der Waals surface area contributed by atoms with E-state index in [0.29, 0.717) is 19.6 Å². The maximum atomic E-state index is 12.2. The molecule has 1 atom stereocenters. The van der Waals surface area contributed by atoms with E-state index >= 15 is 0 Å². The van der Waals surface area contributed by atoms with Crippen LogP contribution in [-0.4, -0.2) is 71.7 Å². The lowest BCUT2D eigenvalue weighted by Crippen LogP contribution is -2.44. The number of nitrogens with one attached hydrogen (secondary N) is 3. The van der Waals surface area contributed by atoms with Gasteiger partial charge in [0, 0.05) is 38.8 Å². The summed E-state index contributed by atoms with van der Waals surface area (Å²) in [5.41, 5.74) is 3.15. The zero-order chi connectivity index (χ0) is 27.2. The molecule has 10 nitrogen and oxygen atoms in total. The van der Waals surface area contributed by atoms with Gasteiger partial charge in [-0.25, -0.2) is 14.6 Å². The van der Waals surface area contributed by atoms with E-state index in [2.05, 4.69) is 33.0 Å². The number of aliphatic carboxylic acids is 1. The van der Waals surface area contributed by atoms with Crippen molar-refractivity contribution in [3.8, 4) is 0 Å². The van der Waals surface area contributed by atoms with Crippen molar-refractivity contribution in [3.05, 3.63) is 59.3 Å². The van der Waals surface area contributed by atoms with Gasteiger partial charge >= 0.3 is 12.1 Å². The summed E-state index contributed by atoms with van der Waals surface area (Å²) in [5.74, 6) is -0.223. The summed E-state index contributed by atoms with van der Waals surface area (Å²) in [6.07, 6.45) is 4.35. The van der Waals surface area contributed by atoms with Gasteiger partial charge in [0.25, 0.3) is 0 Å². The highest BCUT2D eigenvalue weighted by atomic mass is 16.5. The van der Waals surface area contributed by atoms with Gasteiger partial charge in [0.2, 0.25) is 5.91 Å². The van der Waals surface area contributed by atoms with Gasteiger partial charge in [-0.3, -0.25) is 4.79 Å². The van der Waals surface area contributed by atoms with E-state index in [4.69, 9.17) is 9.72 Å². The molecule has 4 N–H and O–H groups in total. The van der Waals surface area contributed by atoms with Crippen LogP contribution < -0.4 is 16.0 Å². The number of carbonyl (C=O) groups excluding carboxylic acids is 2. The molecule has 1 aromatic heterocycles. The van der Waals surface area contributed by atoms with Crippen molar-refractivity contribution in [2.45, 2.75) is 58.1 Å². The number of nitrogens with zero attached hydrogens (tertiary/aromatic N) is 2. The smallest absolute Gasteiger partial charge is 0.408 e. The molecule has 38 heavy (non-hydrogen) atoms. The van der Waals surface area contributed by atoms with Crippen LogP contribution in [0.4, 0.5) is 10.6 Å². The van der Waals surface area contributed by atoms with Crippen molar-refractivity contribution in [2.75, 3.05) is 38.0 Å². The molecule has 0 radical (unpaired) electrons. The molecule has 0 saturated heterocycles. The van der Waals surface area contributed by atoms with Crippen LogP contribution in [0.15, 0.2) is 42.5 Å². The van der Waals surface area contributed by atoms with Crippen LogP contribution in [0.25, 0.3) is 0 Å². The molecule has 10 heteroatoms. The molecule has 0 fully saturated rings. The minimum atomic E-state index is -1.12. The van der Waals surface area contributed by atoms with Gasteiger partial charge in [0.1, 0.15) is 18.5 Å². The Morgan fingerprint density at radius 3 is 2.68 bits per heavy atom. The molecule has 3 rings (SSSR count). The molecule has 1 aromatic carbocycles. The van der Waals surface area contributed by atoms with E-state index in [1.54, 1.807) is 0 Å². The molecule has 1 unspecified atom stereocenters. The van der Waals surface area contributed by atoms with Gasteiger partial charge in [-0.15, -0.1) is 0 Å². The third-order valence-electron chi connectivity index (χ3n) is 6.45.